The van der Waals surface area contributed by atoms with Gasteiger partial charge in [0.05, 0.1) is 19.2 Å². The third-order valence-electron chi connectivity index (χ3n) is 4.77. The van der Waals surface area contributed by atoms with Gasteiger partial charge in [0.15, 0.2) is 0 Å². The van der Waals surface area contributed by atoms with Crippen LogP contribution in [-0.2, 0) is 9.59 Å². The summed E-state index contributed by atoms with van der Waals surface area (Å²) in [6, 6.07) is 4.26. The van der Waals surface area contributed by atoms with E-state index in [2.05, 4.69) is 11.1 Å². The molecule has 2 heterocycles. The van der Waals surface area contributed by atoms with Crippen molar-refractivity contribution in [3.05, 3.63) is 23.9 Å². The molecule has 0 aromatic carbocycles. The van der Waals surface area contributed by atoms with Gasteiger partial charge in [0.2, 0.25) is 17.7 Å². The van der Waals surface area contributed by atoms with Gasteiger partial charge in [0.25, 0.3) is 0 Å². The van der Waals surface area contributed by atoms with Gasteiger partial charge in [-0.05, 0) is 25.3 Å². The Balaban J connectivity index is 2.41. The van der Waals surface area contributed by atoms with Crippen LogP contribution in [0.4, 0.5) is 0 Å². The molecule has 7 heteroatoms. The Morgan fingerprint density at radius 1 is 1.36 bits per heavy atom. The third kappa shape index (κ3) is 3.58. The lowest BCUT2D eigenvalue weighted by Gasteiger charge is -2.46. The normalized spacial score (nSPS) is 21.9. The Hall–Kier alpha value is -2.62. The van der Waals surface area contributed by atoms with E-state index in [0.29, 0.717) is 18.7 Å². The van der Waals surface area contributed by atoms with Crippen molar-refractivity contribution in [1.82, 2.24) is 14.8 Å². The van der Waals surface area contributed by atoms with Gasteiger partial charge in [-0.15, -0.1) is 0 Å². The number of pyridine rings is 1. The number of methoxy groups -OCH3 is 1. The summed E-state index contributed by atoms with van der Waals surface area (Å²) in [6.45, 7) is 3.70. The Bertz CT molecular complexity index is 668. The van der Waals surface area contributed by atoms with Crippen molar-refractivity contribution in [3.8, 4) is 11.9 Å². The molecule has 1 fully saturated rings. The molecule has 2 rings (SSSR count). The molecule has 0 saturated carbocycles. The van der Waals surface area contributed by atoms with Crippen LogP contribution in [0.3, 0.4) is 0 Å². The second-order valence-electron chi connectivity index (χ2n) is 6.14. The molecule has 0 N–H and O–H groups in total. The second-order valence-corrected chi connectivity index (χ2v) is 6.14. The van der Waals surface area contributed by atoms with Crippen molar-refractivity contribution >= 4 is 11.8 Å². The minimum absolute atomic E-state index is 0.104. The zero-order valence-corrected chi connectivity index (χ0v) is 15.1. The average Bonchev–Trinajstić information content (AvgIpc) is 2.64. The Labute approximate surface area is 148 Å². The highest BCUT2D eigenvalue weighted by Crippen LogP contribution is 2.32. The highest BCUT2D eigenvalue weighted by Gasteiger charge is 2.44. The number of piperazine rings is 1. The number of ether oxygens (including phenoxy) is 1. The minimum Gasteiger partial charge on any atom is -0.481 e. The Morgan fingerprint density at radius 3 is 2.60 bits per heavy atom. The van der Waals surface area contributed by atoms with Gasteiger partial charge in [-0.25, -0.2) is 4.98 Å². The molecular weight excluding hydrogens is 320 g/mol. The molecule has 2 amide bonds. The zero-order chi connectivity index (χ0) is 18.6. The number of carbonyl (C=O) groups is 2. The van der Waals surface area contributed by atoms with Gasteiger partial charge in [-0.2, -0.15) is 5.26 Å². The fourth-order valence-corrected chi connectivity index (χ4v) is 3.22. The van der Waals surface area contributed by atoms with Gasteiger partial charge in [0, 0.05) is 25.7 Å². The molecule has 0 spiro atoms. The van der Waals surface area contributed by atoms with E-state index in [1.807, 2.05) is 13.0 Å². The molecule has 1 aliphatic rings. The molecule has 1 aliphatic heterocycles. The first-order valence-corrected chi connectivity index (χ1v) is 8.41. The maximum atomic E-state index is 13.0. The number of amides is 2. The molecule has 0 bridgehead atoms. The first-order chi connectivity index (χ1) is 12.0. The summed E-state index contributed by atoms with van der Waals surface area (Å²) in [5.41, 5.74) is 0.850. The lowest BCUT2D eigenvalue weighted by molar-refractivity contribution is -0.162. The van der Waals surface area contributed by atoms with Gasteiger partial charge in [-0.3, -0.25) is 9.59 Å². The molecule has 0 radical (unpaired) electrons. The van der Waals surface area contributed by atoms with E-state index in [0.717, 1.165) is 5.56 Å². The SMILES string of the molecule is CC[C@H](c1ccc(OC)nc1)N1C(=O)[C@@H](C)N(C)C(=O)[C@@H]1CCC#N. The first-order valence-electron chi connectivity index (χ1n) is 8.41. The fraction of sp³-hybridized carbons (Fsp3) is 0.556. The van der Waals surface area contributed by atoms with E-state index in [9.17, 15) is 9.59 Å². The van der Waals surface area contributed by atoms with E-state index >= 15 is 0 Å². The molecule has 3 atom stereocenters. The zero-order valence-electron chi connectivity index (χ0n) is 15.1. The van der Waals surface area contributed by atoms with Crippen molar-refractivity contribution in [2.24, 2.45) is 0 Å². The standard InChI is InChI=1S/C18H24N4O3/c1-5-14(13-8-9-16(25-4)20-11-13)22-15(7-6-10-19)18(24)21(3)12(2)17(22)23/h8-9,11-12,14-15H,5-7H2,1-4H3/t12-,14-,15+/m1/s1. The Kier molecular flexibility index (Phi) is 5.97. The highest BCUT2D eigenvalue weighted by atomic mass is 16.5. The first kappa shape index (κ1) is 18.7. The lowest BCUT2D eigenvalue weighted by atomic mass is 9.95. The van der Waals surface area contributed by atoms with Gasteiger partial charge in [-0.1, -0.05) is 13.0 Å². The molecule has 0 unspecified atom stereocenters. The summed E-state index contributed by atoms with van der Waals surface area (Å²) in [4.78, 5) is 33.0. The van der Waals surface area contributed by atoms with Crippen LogP contribution in [0.25, 0.3) is 0 Å². The van der Waals surface area contributed by atoms with E-state index in [1.54, 1.807) is 38.2 Å². The lowest BCUT2D eigenvalue weighted by Crippen LogP contribution is -2.63. The summed E-state index contributed by atoms with van der Waals surface area (Å²) >= 11 is 0. The summed E-state index contributed by atoms with van der Waals surface area (Å²) in [6.07, 6.45) is 2.87. The predicted octanol–water partition coefficient (Wildman–Crippen LogP) is 1.90. The van der Waals surface area contributed by atoms with E-state index in [-0.39, 0.29) is 24.3 Å². The number of carbonyl (C=O) groups excluding carboxylic acids is 2. The summed E-state index contributed by atoms with van der Waals surface area (Å²) in [5, 5.41) is 8.92. The minimum atomic E-state index is -0.625. The van der Waals surface area contributed by atoms with Crippen molar-refractivity contribution in [2.75, 3.05) is 14.2 Å². The van der Waals surface area contributed by atoms with Gasteiger partial charge >= 0.3 is 0 Å². The molecule has 1 aromatic rings. The number of likely N-dealkylation sites (N-methyl/N-ethyl adjacent to an activating group) is 1. The number of nitrogens with zero attached hydrogens (tertiary/aromatic N) is 4. The molecule has 25 heavy (non-hydrogen) atoms. The number of hydrogen-bond acceptors (Lipinski definition) is 5. The average molecular weight is 344 g/mol. The third-order valence-corrected chi connectivity index (χ3v) is 4.77. The van der Waals surface area contributed by atoms with Crippen molar-refractivity contribution in [1.29, 1.82) is 5.26 Å². The second kappa shape index (κ2) is 7.97. The molecule has 134 valence electrons. The monoisotopic (exact) mass is 344 g/mol. The molecular formula is C18H24N4O3. The van der Waals surface area contributed by atoms with Crippen LogP contribution in [0.15, 0.2) is 18.3 Å². The molecule has 0 aliphatic carbocycles. The predicted molar refractivity (Wildman–Crippen MR) is 91.5 cm³/mol. The van der Waals surface area contributed by atoms with Crippen molar-refractivity contribution < 1.29 is 14.3 Å². The van der Waals surface area contributed by atoms with Crippen LogP contribution in [-0.4, -0.2) is 52.8 Å². The van der Waals surface area contributed by atoms with Gasteiger partial charge < -0.3 is 14.5 Å². The molecule has 1 saturated heterocycles. The van der Waals surface area contributed by atoms with Crippen LogP contribution >= 0.6 is 0 Å². The molecule has 1 aromatic heterocycles. The van der Waals surface area contributed by atoms with E-state index in [1.165, 1.54) is 4.90 Å². The number of aromatic nitrogens is 1. The summed E-state index contributed by atoms with van der Waals surface area (Å²) in [5.74, 6) is 0.267. The maximum Gasteiger partial charge on any atom is 0.246 e. The van der Waals surface area contributed by atoms with Crippen molar-refractivity contribution in [2.45, 2.75) is 51.2 Å². The van der Waals surface area contributed by atoms with Crippen LogP contribution in [0.1, 0.15) is 44.7 Å². The van der Waals surface area contributed by atoms with Crippen LogP contribution in [0, 0.1) is 11.3 Å². The maximum absolute atomic E-state index is 13.0. The van der Waals surface area contributed by atoms with Crippen LogP contribution < -0.4 is 4.74 Å². The van der Waals surface area contributed by atoms with E-state index in [4.69, 9.17) is 10.00 Å². The smallest absolute Gasteiger partial charge is 0.246 e. The van der Waals surface area contributed by atoms with Crippen LogP contribution in [0.5, 0.6) is 5.88 Å². The number of hydrogen-bond donors (Lipinski definition) is 0. The van der Waals surface area contributed by atoms with Gasteiger partial charge in [0.1, 0.15) is 12.1 Å². The van der Waals surface area contributed by atoms with Crippen molar-refractivity contribution in [3.63, 3.8) is 0 Å². The molecule has 7 nitrogen and oxygen atoms in total. The number of nitriles is 1. The quantitative estimate of drug-likeness (QED) is 0.787. The topological polar surface area (TPSA) is 86.5 Å². The Morgan fingerprint density at radius 2 is 2.08 bits per heavy atom. The van der Waals surface area contributed by atoms with Crippen LogP contribution in [0.2, 0.25) is 0 Å². The fourth-order valence-electron chi connectivity index (χ4n) is 3.22. The number of rotatable bonds is 6. The highest BCUT2D eigenvalue weighted by molar-refractivity contribution is 5.96. The summed E-state index contributed by atoms with van der Waals surface area (Å²) < 4.78 is 5.08. The summed E-state index contributed by atoms with van der Waals surface area (Å²) in [7, 11) is 3.18. The van der Waals surface area contributed by atoms with E-state index < -0.39 is 12.1 Å². The largest absolute Gasteiger partial charge is 0.481 e.